The van der Waals surface area contributed by atoms with Crippen molar-refractivity contribution in [3.8, 4) is 0 Å². The Morgan fingerprint density at radius 3 is 2.77 bits per heavy atom. The summed E-state index contributed by atoms with van der Waals surface area (Å²) in [4.78, 5) is 15.8. The number of amides is 1. The molecule has 1 amide bonds. The van der Waals surface area contributed by atoms with Crippen LogP contribution in [0, 0.1) is 0 Å². The highest BCUT2D eigenvalue weighted by atomic mass is 16.5. The Balaban J connectivity index is 1.41. The third kappa shape index (κ3) is 2.48. The number of nitrogens with zero attached hydrogens (tertiary/aromatic N) is 2. The predicted molar refractivity (Wildman–Crippen MR) is 102 cm³/mol. The van der Waals surface area contributed by atoms with E-state index in [0.29, 0.717) is 12.1 Å². The van der Waals surface area contributed by atoms with Gasteiger partial charge in [0.15, 0.2) is 0 Å². The lowest BCUT2D eigenvalue weighted by Crippen LogP contribution is -2.60. The molecule has 5 nitrogen and oxygen atoms in total. The number of hydrogen-bond acceptors (Lipinski definition) is 3. The minimum absolute atomic E-state index is 0.116. The van der Waals surface area contributed by atoms with Crippen LogP contribution in [-0.4, -0.2) is 53.3 Å². The molecular weight excluding hydrogens is 326 g/mol. The van der Waals surface area contributed by atoms with Crippen molar-refractivity contribution in [2.45, 2.75) is 57.3 Å². The van der Waals surface area contributed by atoms with Crippen LogP contribution in [0.5, 0.6) is 0 Å². The molecule has 3 aliphatic heterocycles. The van der Waals surface area contributed by atoms with Gasteiger partial charge in [-0.25, -0.2) is 0 Å². The molecule has 5 heteroatoms. The van der Waals surface area contributed by atoms with Crippen molar-refractivity contribution in [1.29, 1.82) is 0 Å². The number of rotatable bonds is 3. The minimum atomic E-state index is 0.116. The van der Waals surface area contributed by atoms with Crippen molar-refractivity contribution < 1.29 is 9.53 Å². The molecule has 2 bridgehead atoms. The standard InChI is InChI=1S/C21H27N3O2/c1-2-23-15-10-14(11-16(23)13-26-12-15)22-21(25)20-17-6-3-4-7-18(17)24-9-5-8-19(20)24/h3-4,6-7,14-16H,2,5,8-13H2,1H3,(H,22,25). The van der Waals surface area contributed by atoms with E-state index in [2.05, 4.69) is 39.9 Å². The molecule has 2 saturated heterocycles. The summed E-state index contributed by atoms with van der Waals surface area (Å²) in [7, 11) is 0. The first kappa shape index (κ1) is 16.3. The van der Waals surface area contributed by atoms with Crippen LogP contribution in [0.15, 0.2) is 24.3 Å². The van der Waals surface area contributed by atoms with E-state index in [1.807, 2.05) is 6.07 Å². The second kappa shape index (κ2) is 6.39. The van der Waals surface area contributed by atoms with Crippen LogP contribution in [0.4, 0.5) is 0 Å². The molecule has 26 heavy (non-hydrogen) atoms. The van der Waals surface area contributed by atoms with Crippen LogP contribution >= 0.6 is 0 Å². The maximum absolute atomic E-state index is 13.2. The van der Waals surface area contributed by atoms with Crippen molar-refractivity contribution in [3.63, 3.8) is 0 Å². The van der Waals surface area contributed by atoms with E-state index in [1.54, 1.807) is 0 Å². The van der Waals surface area contributed by atoms with Crippen LogP contribution in [-0.2, 0) is 17.7 Å². The number of para-hydroxylation sites is 1. The smallest absolute Gasteiger partial charge is 0.253 e. The highest BCUT2D eigenvalue weighted by molar-refractivity contribution is 6.08. The second-order valence-corrected chi connectivity index (χ2v) is 7.91. The van der Waals surface area contributed by atoms with E-state index in [1.165, 1.54) is 11.2 Å². The summed E-state index contributed by atoms with van der Waals surface area (Å²) in [6.45, 7) is 5.90. The topological polar surface area (TPSA) is 46.5 Å². The van der Waals surface area contributed by atoms with Gasteiger partial charge in [0.2, 0.25) is 0 Å². The van der Waals surface area contributed by atoms with Gasteiger partial charge in [-0.2, -0.15) is 0 Å². The maximum Gasteiger partial charge on any atom is 0.253 e. The number of likely N-dealkylation sites (N-methyl/N-ethyl adjacent to an activating group) is 1. The van der Waals surface area contributed by atoms with Crippen LogP contribution in [0.3, 0.4) is 0 Å². The largest absolute Gasteiger partial charge is 0.378 e. The number of carbonyl (C=O) groups is 1. The molecule has 0 radical (unpaired) electrons. The monoisotopic (exact) mass is 353 g/mol. The Hall–Kier alpha value is -1.85. The fourth-order valence-corrected chi connectivity index (χ4v) is 5.41. The van der Waals surface area contributed by atoms with Gasteiger partial charge >= 0.3 is 0 Å². The summed E-state index contributed by atoms with van der Waals surface area (Å²) in [6.07, 6.45) is 4.12. The zero-order valence-electron chi connectivity index (χ0n) is 15.4. The summed E-state index contributed by atoms with van der Waals surface area (Å²) < 4.78 is 8.09. The SMILES string of the molecule is CCN1C2COCC1CC(NC(=O)c1c3n(c4ccccc14)CCC3)C2. The summed E-state index contributed by atoms with van der Waals surface area (Å²) in [5.41, 5.74) is 3.34. The Morgan fingerprint density at radius 2 is 2.00 bits per heavy atom. The van der Waals surface area contributed by atoms with Gasteiger partial charge in [0.25, 0.3) is 5.91 Å². The summed E-state index contributed by atoms with van der Waals surface area (Å²) in [5, 5.41) is 4.49. The zero-order valence-corrected chi connectivity index (χ0v) is 15.4. The van der Waals surface area contributed by atoms with Gasteiger partial charge in [-0.15, -0.1) is 0 Å². The fourth-order valence-electron chi connectivity index (χ4n) is 5.41. The number of nitrogens with one attached hydrogen (secondary N) is 1. The van der Waals surface area contributed by atoms with Crippen LogP contribution in [0.1, 0.15) is 42.2 Å². The lowest BCUT2D eigenvalue weighted by molar-refractivity contribution is -0.0774. The van der Waals surface area contributed by atoms with Gasteiger partial charge in [0.05, 0.1) is 18.8 Å². The first-order valence-electron chi connectivity index (χ1n) is 10.0. The average Bonchev–Trinajstić information content (AvgIpc) is 3.21. The zero-order chi connectivity index (χ0) is 17.7. The van der Waals surface area contributed by atoms with E-state index in [4.69, 9.17) is 4.74 Å². The molecular formula is C21H27N3O2. The van der Waals surface area contributed by atoms with Crippen molar-refractivity contribution in [2.75, 3.05) is 19.8 Å². The number of fused-ring (bicyclic) bond motifs is 5. The van der Waals surface area contributed by atoms with Crippen molar-refractivity contribution in [1.82, 2.24) is 14.8 Å². The molecule has 3 aliphatic rings. The van der Waals surface area contributed by atoms with Gasteiger partial charge in [-0.1, -0.05) is 25.1 Å². The molecule has 0 saturated carbocycles. The number of morpholine rings is 1. The Morgan fingerprint density at radius 1 is 1.23 bits per heavy atom. The van der Waals surface area contributed by atoms with Gasteiger partial charge in [0.1, 0.15) is 0 Å². The molecule has 2 unspecified atom stereocenters. The molecule has 1 aromatic carbocycles. The molecule has 2 aromatic rings. The fraction of sp³-hybridized carbons (Fsp3) is 0.571. The molecule has 0 spiro atoms. The van der Waals surface area contributed by atoms with Crippen molar-refractivity contribution >= 4 is 16.8 Å². The van der Waals surface area contributed by atoms with Gasteiger partial charge in [-0.05, 0) is 38.3 Å². The van der Waals surface area contributed by atoms with Crippen molar-refractivity contribution in [2.24, 2.45) is 0 Å². The second-order valence-electron chi connectivity index (χ2n) is 7.91. The Bertz CT molecular complexity index is 829. The van der Waals surface area contributed by atoms with Crippen molar-refractivity contribution in [3.05, 3.63) is 35.5 Å². The number of piperidine rings is 1. The highest BCUT2D eigenvalue weighted by Gasteiger charge is 2.39. The summed E-state index contributed by atoms with van der Waals surface area (Å²) >= 11 is 0. The molecule has 2 atom stereocenters. The highest BCUT2D eigenvalue weighted by Crippen LogP contribution is 2.32. The van der Waals surface area contributed by atoms with E-state index < -0.39 is 0 Å². The van der Waals surface area contributed by atoms with Gasteiger partial charge < -0.3 is 14.6 Å². The number of aryl methyl sites for hydroxylation is 1. The number of carbonyl (C=O) groups excluding carboxylic acids is 1. The lowest BCUT2D eigenvalue weighted by atomic mass is 9.90. The van der Waals surface area contributed by atoms with Crippen LogP contribution in [0.25, 0.3) is 10.9 Å². The number of ether oxygens (including phenoxy) is 1. The molecule has 4 heterocycles. The Kier molecular flexibility index (Phi) is 4.02. The molecule has 2 fully saturated rings. The summed E-state index contributed by atoms with van der Waals surface area (Å²) in [5.74, 6) is 0.116. The molecule has 5 rings (SSSR count). The first-order valence-corrected chi connectivity index (χ1v) is 10.0. The number of hydrogen-bond donors (Lipinski definition) is 1. The third-order valence-corrected chi connectivity index (χ3v) is 6.47. The maximum atomic E-state index is 13.2. The van der Waals surface area contributed by atoms with E-state index in [-0.39, 0.29) is 11.9 Å². The first-order chi connectivity index (χ1) is 12.8. The third-order valence-electron chi connectivity index (χ3n) is 6.47. The minimum Gasteiger partial charge on any atom is -0.378 e. The van der Waals surface area contributed by atoms with Crippen LogP contribution in [0.2, 0.25) is 0 Å². The van der Waals surface area contributed by atoms with Gasteiger partial charge in [-0.3, -0.25) is 9.69 Å². The molecule has 0 aliphatic carbocycles. The number of benzene rings is 1. The number of aromatic nitrogens is 1. The summed E-state index contributed by atoms with van der Waals surface area (Å²) in [6, 6.07) is 9.47. The predicted octanol–water partition coefficient (Wildman–Crippen LogP) is 2.57. The van der Waals surface area contributed by atoms with E-state index in [0.717, 1.165) is 62.9 Å². The van der Waals surface area contributed by atoms with E-state index >= 15 is 0 Å². The molecule has 1 N–H and O–H groups in total. The Labute approximate surface area is 154 Å². The quantitative estimate of drug-likeness (QED) is 0.923. The molecule has 138 valence electrons. The average molecular weight is 353 g/mol. The molecule has 1 aromatic heterocycles. The van der Waals surface area contributed by atoms with Gasteiger partial charge in [0, 0.05) is 41.3 Å². The van der Waals surface area contributed by atoms with E-state index in [9.17, 15) is 4.79 Å². The lowest BCUT2D eigenvalue weighted by Gasteiger charge is -2.48. The normalized spacial score (nSPS) is 28.3. The van der Waals surface area contributed by atoms with Crippen LogP contribution < -0.4 is 5.32 Å².